The molecule has 2 aromatic heterocycles. The molecule has 0 saturated heterocycles. The Morgan fingerprint density at radius 3 is 2.86 bits per heavy atom. The molecule has 2 heterocycles. The Hall–Kier alpha value is -2.54. The summed E-state index contributed by atoms with van der Waals surface area (Å²) in [5.74, 6) is 2.58. The average Bonchev–Trinajstić information content (AvgIpc) is 3.14. The van der Waals surface area contributed by atoms with E-state index >= 15 is 0 Å². The van der Waals surface area contributed by atoms with Crippen LogP contribution in [0.4, 0.5) is 0 Å². The van der Waals surface area contributed by atoms with Crippen molar-refractivity contribution in [1.82, 2.24) is 19.9 Å². The van der Waals surface area contributed by atoms with Gasteiger partial charge < -0.3 is 10.1 Å². The molecule has 148 valence electrons. The van der Waals surface area contributed by atoms with E-state index in [1.807, 2.05) is 60.0 Å². The molecule has 0 radical (unpaired) electrons. The molecule has 0 spiro atoms. The highest BCUT2D eigenvalue weighted by molar-refractivity contribution is 7.98. The Bertz CT molecular complexity index is 912. The lowest BCUT2D eigenvalue weighted by Gasteiger charge is -2.17. The topological polar surface area (TPSA) is 68.5 Å². The summed E-state index contributed by atoms with van der Waals surface area (Å²) < 4.78 is 7.71. The summed E-state index contributed by atoms with van der Waals surface area (Å²) in [5.41, 5.74) is 1.88. The van der Waals surface area contributed by atoms with E-state index in [0.717, 1.165) is 35.0 Å². The predicted octanol–water partition coefficient (Wildman–Crippen LogP) is 3.81. The van der Waals surface area contributed by atoms with Crippen LogP contribution in [0.25, 0.3) is 5.65 Å². The zero-order valence-electron chi connectivity index (χ0n) is 16.3. The third-order valence-corrected chi connectivity index (χ3v) is 5.14. The molecule has 1 aromatic carbocycles. The molecular formula is C21H26N4O2S. The Kier molecular flexibility index (Phi) is 7.31. The van der Waals surface area contributed by atoms with Gasteiger partial charge in [-0.2, -0.15) is 11.8 Å². The van der Waals surface area contributed by atoms with Crippen LogP contribution >= 0.6 is 11.8 Å². The van der Waals surface area contributed by atoms with Crippen molar-refractivity contribution >= 4 is 23.3 Å². The molecule has 0 aliphatic carbocycles. The molecule has 0 saturated carbocycles. The minimum atomic E-state index is -0.158. The van der Waals surface area contributed by atoms with Crippen LogP contribution < -0.4 is 10.1 Å². The number of aryl methyl sites for hydroxylation is 1. The van der Waals surface area contributed by atoms with Crippen molar-refractivity contribution in [2.24, 2.45) is 0 Å². The number of carbonyl (C=O) groups excluding carboxylic acids is 1. The molecule has 1 N–H and O–H groups in total. The first kappa shape index (κ1) is 20.2. The summed E-state index contributed by atoms with van der Waals surface area (Å²) in [6, 6.07) is 13.5. The fourth-order valence-electron chi connectivity index (χ4n) is 3.00. The first-order chi connectivity index (χ1) is 13.7. The number of hydrogen-bond acceptors (Lipinski definition) is 5. The molecule has 28 heavy (non-hydrogen) atoms. The normalized spacial score (nSPS) is 12.1. The van der Waals surface area contributed by atoms with Gasteiger partial charge in [0, 0.05) is 12.6 Å². The van der Waals surface area contributed by atoms with E-state index in [0.29, 0.717) is 19.4 Å². The standard InChI is InChI=1S/C21H26N4O2S/c1-16-8-3-4-9-18(16)27-14-7-11-20(26)22-17(12-15-28-2)21-24-23-19-10-5-6-13-25(19)21/h3-6,8-10,13,17H,7,11-12,14-15H2,1-2H3,(H,22,26). The Labute approximate surface area is 169 Å². The van der Waals surface area contributed by atoms with Crippen LogP contribution in [-0.4, -0.2) is 39.1 Å². The smallest absolute Gasteiger partial charge is 0.220 e. The molecule has 1 unspecified atom stereocenters. The Morgan fingerprint density at radius 1 is 1.21 bits per heavy atom. The number of ether oxygens (including phenoxy) is 1. The van der Waals surface area contributed by atoms with Crippen molar-refractivity contribution in [2.75, 3.05) is 18.6 Å². The van der Waals surface area contributed by atoms with Gasteiger partial charge in [0.1, 0.15) is 5.75 Å². The number of pyridine rings is 1. The highest BCUT2D eigenvalue weighted by Crippen LogP contribution is 2.19. The van der Waals surface area contributed by atoms with Crippen molar-refractivity contribution in [3.63, 3.8) is 0 Å². The van der Waals surface area contributed by atoms with Gasteiger partial charge in [-0.3, -0.25) is 9.20 Å². The van der Waals surface area contributed by atoms with Crippen LogP contribution in [0.3, 0.4) is 0 Å². The minimum absolute atomic E-state index is 0.00664. The maximum absolute atomic E-state index is 12.5. The second-order valence-corrected chi connectivity index (χ2v) is 7.59. The molecule has 7 heteroatoms. The van der Waals surface area contributed by atoms with Gasteiger partial charge in [0.05, 0.1) is 12.6 Å². The summed E-state index contributed by atoms with van der Waals surface area (Å²) in [4.78, 5) is 12.5. The van der Waals surface area contributed by atoms with E-state index in [-0.39, 0.29) is 11.9 Å². The number of aromatic nitrogens is 3. The number of amides is 1. The summed E-state index contributed by atoms with van der Waals surface area (Å²) in [6.07, 6.45) is 5.87. The van der Waals surface area contributed by atoms with Crippen LogP contribution in [0.5, 0.6) is 5.75 Å². The second-order valence-electron chi connectivity index (χ2n) is 6.61. The number of carbonyl (C=O) groups is 1. The number of nitrogens with one attached hydrogen (secondary N) is 1. The molecule has 0 aliphatic heterocycles. The Morgan fingerprint density at radius 2 is 2.04 bits per heavy atom. The van der Waals surface area contributed by atoms with E-state index in [1.54, 1.807) is 11.8 Å². The number of benzene rings is 1. The maximum atomic E-state index is 12.5. The number of para-hydroxylation sites is 1. The number of rotatable bonds is 10. The quantitative estimate of drug-likeness (QED) is 0.526. The van der Waals surface area contributed by atoms with Crippen LogP contribution in [-0.2, 0) is 4.79 Å². The zero-order valence-corrected chi connectivity index (χ0v) is 17.1. The molecule has 1 atom stereocenters. The fourth-order valence-corrected chi connectivity index (χ4v) is 3.47. The van der Waals surface area contributed by atoms with Gasteiger partial charge in [-0.05, 0) is 55.5 Å². The monoisotopic (exact) mass is 398 g/mol. The number of fused-ring (bicyclic) bond motifs is 1. The summed E-state index contributed by atoms with van der Waals surface area (Å²) >= 11 is 1.75. The molecule has 3 rings (SSSR count). The Balaban J connectivity index is 1.55. The third-order valence-electron chi connectivity index (χ3n) is 4.50. The van der Waals surface area contributed by atoms with Gasteiger partial charge >= 0.3 is 0 Å². The number of nitrogens with zero attached hydrogens (tertiary/aromatic N) is 3. The summed E-state index contributed by atoms with van der Waals surface area (Å²) in [7, 11) is 0. The molecule has 0 aliphatic rings. The molecule has 6 nitrogen and oxygen atoms in total. The third kappa shape index (κ3) is 5.25. The van der Waals surface area contributed by atoms with E-state index in [1.165, 1.54) is 0 Å². The molecular weight excluding hydrogens is 372 g/mol. The minimum Gasteiger partial charge on any atom is -0.493 e. The van der Waals surface area contributed by atoms with Gasteiger partial charge in [-0.15, -0.1) is 10.2 Å². The highest BCUT2D eigenvalue weighted by Gasteiger charge is 2.20. The van der Waals surface area contributed by atoms with Gasteiger partial charge in [0.15, 0.2) is 11.5 Å². The molecule has 1 amide bonds. The SMILES string of the molecule is CSCCC(NC(=O)CCCOc1ccccc1C)c1nnc2ccccn12. The van der Waals surface area contributed by atoms with Gasteiger partial charge in [0.25, 0.3) is 0 Å². The average molecular weight is 399 g/mol. The number of thioether (sulfide) groups is 1. The van der Waals surface area contributed by atoms with Crippen molar-refractivity contribution in [3.8, 4) is 5.75 Å². The lowest BCUT2D eigenvalue weighted by Crippen LogP contribution is -2.30. The lowest BCUT2D eigenvalue weighted by atomic mass is 10.2. The highest BCUT2D eigenvalue weighted by atomic mass is 32.2. The fraction of sp³-hybridized carbons (Fsp3) is 0.381. The van der Waals surface area contributed by atoms with Crippen LogP contribution in [0, 0.1) is 6.92 Å². The van der Waals surface area contributed by atoms with E-state index in [9.17, 15) is 4.79 Å². The van der Waals surface area contributed by atoms with E-state index < -0.39 is 0 Å². The molecule has 0 fully saturated rings. The van der Waals surface area contributed by atoms with Crippen molar-refractivity contribution in [2.45, 2.75) is 32.2 Å². The van der Waals surface area contributed by atoms with Gasteiger partial charge in [0.2, 0.25) is 5.91 Å². The second kappa shape index (κ2) is 10.1. The largest absolute Gasteiger partial charge is 0.493 e. The van der Waals surface area contributed by atoms with Crippen molar-refractivity contribution in [1.29, 1.82) is 0 Å². The predicted molar refractivity (Wildman–Crippen MR) is 113 cm³/mol. The first-order valence-corrected chi connectivity index (χ1v) is 10.8. The van der Waals surface area contributed by atoms with Crippen molar-refractivity contribution < 1.29 is 9.53 Å². The van der Waals surface area contributed by atoms with Crippen LogP contribution in [0.1, 0.15) is 36.7 Å². The molecule has 3 aromatic rings. The van der Waals surface area contributed by atoms with Gasteiger partial charge in [-0.25, -0.2) is 0 Å². The maximum Gasteiger partial charge on any atom is 0.220 e. The number of hydrogen-bond donors (Lipinski definition) is 1. The van der Waals surface area contributed by atoms with E-state index in [4.69, 9.17) is 4.74 Å². The van der Waals surface area contributed by atoms with Gasteiger partial charge in [-0.1, -0.05) is 24.3 Å². The molecule has 0 bridgehead atoms. The summed E-state index contributed by atoms with van der Waals surface area (Å²) in [6.45, 7) is 2.53. The summed E-state index contributed by atoms with van der Waals surface area (Å²) in [5, 5.41) is 11.6. The van der Waals surface area contributed by atoms with Crippen molar-refractivity contribution in [3.05, 3.63) is 60.0 Å². The lowest BCUT2D eigenvalue weighted by molar-refractivity contribution is -0.122. The van der Waals surface area contributed by atoms with Crippen LogP contribution in [0.15, 0.2) is 48.7 Å². The first-order valence-electron chi connectivity index (χ1n) is 9.45. The van der Waals surface area contributed by atoms with Crippen LogP contribution in [0.2, 0.25) is 0 Å². The zero-order chi connectivity index (χ0) is 19.8. The van der Waals surface area contributed by atoms with E-state index in [2.05, 4.69) is 21.8 Å².